The van der Waals surface area contributed by atoms with Gasteiger partial charge in [-0.3, -0.25) is 0 Å². The van der Waals surface area contributed by atoms with Crippen LogP contribution < -0.4 is 4.74 Å². The third-order valence-electron chi connectivity index (χ3n) is 7.37. The first-order valence-corrected chi connectivity index (χ1v) is 12.7. The molecule has 42 heavy (non-hydrogen) atoms. The second kappa shape index (κ2) is 10.7. The average Bonchev–Trinajstić information content (AvgIpc) is 2.91. The van der Waals surface area contributed by atoms with Gasteiger partial charge in [-0.1, -0.05) is 12.1 Å². The van der Waals surface area contributed by atoms with E-state index < -0.39 is 82.4 Å². The first-order valence-electron chi connectivity index (χ1n) is 12.7. The monoisotopic (exact) mass is 580 g/mol. The van der Waals surface area contributed by atoms with Crippen LogP contribution in [0.5, 0.6) is 57.5 Å². The van der Waals surface area contributed by atoms with E-state index in [1.54, 1.807) is 0 Å². The number of rotatable bonds is 6. The molecule has 4 atom stereocenters. The van der Waals surface area contributed by atoms with Gasteiger partial charge in [-0.25, -0.2) is 0 Å². The number of aliphatic hydroxyl groups excluding tert-OH is 2. The molecule has 0 fully saturated rings. The minimum Gasteiger partial charge on any atom is -0.508 e. The van der Waals surface area contributed by atoms with Crippen molar-refractivity contribution in [3.63, 3.8) is 0 Å². The lowest BCUT2D eigenvalue weighted by atomic mass is 9.80. The largest absolute Gasteiger partial charge is 0.508 e. The number of hydrogen-bond acceptors (Lipinski definition) is 12. The normalized spacial score (nSPS) is 17.7. The molecule has 1 aliphatic heterocycles. The van der Waals surface area contributed by atoms with Gasteiger partial charge < -0.3 is 60.9 Å². The number of phenols is 9. The van der Waals surface area contributed by atoms with E-state index in [4.69, 9.17) is 4.74 Å². The van der Waals surface area contributed by atoms with Crippen LogP contribution in [0.25, 0.3) is 0 Å². The minimum atomic E-state index is -1.58. The second-order valence-corrected chi connectivity index (χ2v) is 10.2. The Hall–Kier alpha value is -5.20. The number of aromatic hydroxyl groups is 9. The molecule has 5 rings (SSSR count). The number of fused-ring (bicyclic) bond motifs is 1. The Morgan fingerprint density at radius 3 is 1.90 bits per heavy atom. The van der Waals surface area contributed by atoms with Gasteiger partial charge in [0.1, 0.15) is 40.6 Å². The van der Waals surface area contributed by atoms with Gasteiger partial charge in [0.15, 0.2) is 23.0 Å². The molecule has 0 spiro atoms. The van der Waals surface area contributed by atoms with E-state index in [2.05, 4.69) is 0 Å². The fourth-order valence-electron chi connectivity index (χ4n) is 5.33. The van der Waals surface area contributed by atoms with E-state index in [0.717, 1.165) is 30.3 Å². The maximum absolute atomic E-state index is 11.6. The summed E-state index contributed by atoms with van der Waals surface area (Å²) in [5.41, 5.74) is 0.222. The zero-order valence-electron chi connectivity index (χ0n) is 21.7. The van der Waals surface area contributed by atoms with Gasteiger partial charge in [0, 0.05) is 53.6 Å². The van der Waals surface area contributed by atoms with Crippen LogP contribution >= 0.6 is 0 Å². The van der Waals surface area contributed by atoms with E-state index in [-0.39, 0.29) is 40.0 Å². The van der Waals surface area contributed by atoms with Crippen molar-refractivity contribution in [3.8, 4) is 57.5 Å². The van der Waals surface area contributed by atoms with Crippen molar-refractivity contribution in [2.45, 2.75) is 37.1 Å². The van der Waals surface area contributed by atoms with Crippen molar-refractivity contribution in [2.24, 2.45) is 0 Å². The van der Waals surface area contributed by atoms with E-state index in [1.165, 1.54) is 24.3 Å². The summed E-state index contributed by atoms with van der Waals surface area (Å²) < 4.78 is 6.12. The Kier molecular flexibility index (Phi) is 7.19. The van der Waals surface area contributed by atoms with Crippen molar-refractivity contribution in [1.29, 1.82) is 0 Å². The van der Waals surface area contributed by atoms with Crippen LogP contribution in [0.2, 0.25) is 0 Å². The molecule has 0 saturated heterocycles. The highest BCUT2D eigenvalue weighted by atomic mass is 16.5. The van der Waals surface area contributed by atoms with Crippen LogP contribution in [0.4, 0.5) is 0 Å². The molecule has 0 aliphatic carbocycles. The molecule has 4 aromatic rings. The second-order valence-electron chi connectivity index (χ2n) is 10.2. The van der Waals surface area contributed by atoms with Crippen molar-refractivity contribution < 1.29 is 60.9 Å². The summed E-state index contributed by atoms with van der Waals surface area (Å²) >= 11 is 0. The molecule has 0 bridgehead atoms. The number of benzene rings is 4. The minimum absolute atomic E-state index is 0.0741. The van der Waals surface area contributed by atoms with Crippen molar-refractivity contribution in [1.82, 2.24) is 0 Å². The van der Waals surface area contributed by atoms with Gasteiger partial charge in [0.05, 0.1) is 12.2 Å². The van der Waals surface area contributed by atoms with Gasteiger partial charge in [-0.05, 0) is 35.4 Å². The van der Waals surface area contributed by atoms with E-state index in [9.17, 15) is 56.2 Å². The SMILES string of the molecule is Oc1cc(O)c(C[C@H](O)C(c2ccc(O)c(O)c2)c2c(O)cc(O)c3c2OC(c2ccc(O)c(O)c2)C(O)C3)c(O)c1. The van der Waals surface area contributed by atoms with Crippen LogP contribution in [0.15, 0.2) is 54.6 Å². The third kappa shape index (κ3) is 5.04. The van der Waals surface area contributed by atoms with E-state index in [1.807, 2.05) is 0 Å². The van der Waals surface area contributed by atoms with E-state index in [0.29, 0.717) is 0 Å². The Balaban J connectivity index is 1.68. The lowest BCUT2D eigenvalue weighted by Crippen LogP contribution is -2.32. The maximum Gasteiger partial charge on any atom is 0.157 e. The molecule has 11 N–H and O–H groups in total. The van der Waals surface area contributed by atoms with Gasteiger partial charge in [-0.2, -0.15) is 0 Å². The molecule has 0 radical (unpaired) electrons. The first kappa shape index (κ1) is 28.3. The summed E-state index contributed by atoms with van der Waals surface area (Å²) in [6.07, 6.45) is -4.64. The van der Waals surface area contributed by atoms with Crippen LogP contribution in [-0.4, -0.2) is 68.4 Å². The highest BCUT2D eigenvalue weighted by Gasteiger charge is 2.39. The number of phenolic OH excluding ortho intramolecular Hbond substituents is 9. The van der Waals surface area contributed by atoms with Crippen LogP contribution in [0, 0.1) is 0 Å². The molecule has 1 aliphatic rings. The third-order valence-corrected chi connectivity index (χ3v) is 7.37. The topological polar surface area (TPSA) is 232 Å². The molecular weight excluding hydrogens is 552 g/mol. The predicted molar refractivity (Wildman–Crippen MR) is 145 cm³/mol. The van der Waals surface area contributed by atoms with Crippen molar-refractivity contribution in [2.75, 3.05) is 0 Å². The van der Waals surface area contributed by atoms with E-state index >= 15 is 0 Å². The summed E-state index contributed by atoms with van der Waals surface area (Å²) in [5.74, 6) is -5.79. The average molecular weight is 581 g/mol. The Morgan fingerprint density at radius 2 is 1.29 bits per heavy atom. The summed E-state index contributed by atoms with van der Waals surface area (Å²) in [6, 6.07) is 10.3. The Bertz CT molecular complexity index is 1640. The standard InChI is InChI=1S/C30H28O12/c31-14-7-19(34)15(20(35)8-14)9-24(39)27(12-1-3-17(32)22(37)5-12)28-25(40)11-21(36)16-10-26(41)29(42-30(16)28)13-2-4-18(33)23(38)6-13/h1-8,11,24,26-27,29,31-41H,9-10H2/t24-,26?,27?,29?/m0/s1. The molecule has 0 saturated carbocycles. The molecule has 4 aromatic carbocycles. The molecule has 3 unspecified atom stereocenters. The van der Waals surface area contributed by atoms with Crippen LogP contribution in [-0.2, 0) is 12.8 Å². The molecular formula is C30H28O12. The summed E-state index contributed by atoms with van der Waals surface area (Å²) in [7, 11) is 0. The molecule has 12 heteroatoms. The molecule has 220 valence electrons. The summed E-state index contributed by atoms with van der Waals surface area (Å²) in [5, 5.41) is 115. The van der Waals surface area contributed by atoms with Gasteiger partial charge in [0.25, 0.3) is 0 Å². The predicted octanol–water partition coefficient (Wildman–Crippen LogP) is 2.81. The highest BCUT2D eigenvalue weighted by molar-refractivity contribution is 5.62. The maximum atomic E-state index is 11.6. The highest BCUT2D eigenvalue weighted by Crippen LogP contribution is 2.51. The Labute approximate surface area is 238 Å². The zero-order valence-corrected chi connectivity index (χ0v) is 21.7. The fourth-order valence-corrected chi connectivity index (χ4v) is 5.33. The Morgan fingerprint density at radius 1 is 0.667 bits per heavy atom. The number of aliphatic hydroxyl groups is 2. The van der Waals surface area contributed by atoms with Crippen molar-refractivity contribution in [3.05, 3.63) is 82.4 Å². The lowest BCUT2D eigenvalue weighted by Gasteiger charge is -2.35. The quantitative estimate of drug-likeness (QED) is 0.148. The van der Waals surface area contributed by atoms with Crippen LogP contribution in [0.1, 0.15) is 39.8 Å². The van der Waals surface area contributed by atoms with Gasteiger partial charge in [0.2, 0.25) is 0 Å². The molecule has 0 amide bonds. The molecule has 12 nitrogen and oxygen atoms in total. The summed E-state index contributed by atoms with van der Waals surface area (Å²) in [4.78, 5) is 0. The zero-order chi connectivity index (χ0) is 30.5. The first-order chi connectivity index (χ1) is 19.8. The van der Waals surface area contributed by atoms with Crippen LogP contribution in [0.3, 0.4) is 0 Å². The lowest BCUT2D eigenvalue weighted by molar-refractivity contribution is 0.0181. The van der Waals surface area contributed by atoms with Crippen molar-refractivity contribution >= 4 is 0 Å². The number of ether oxygens (including phenoxy) is 1. The molecule has 1 heterocycles. The summed E-state index contributed by atoms with van der Waals surface area (Å²) in [6.45, 7) is 0. The molecule has 0 aromatic heterocycles. The van der Waals surface area contributed by atoms with Gasteiger partial charge >= 0.3 is 0 Å². The fraction of sp³-hybridized carbons (Fsp3) is 0.200. The smallest absolute Gasteiger partial charge is 0.157 e. The van der Waals surface area contributed by atoms with Gasteiger partial charge in [-0.15, -0.1) is 0 Å². The number of hydrogen-bond donors (Lipinski definition) is 11.